The highest BCUT2D eigenvalue weighted by Gasteiger charge is 2.34. The fraction of sp³-hybridized carbons (Fsp3) is 0.538. The smallest absolute Gasteiger partial charge is 0.272 e. The molecule has 2 aliphatic heterocycles. The summed E-state index contributed by atoms with van der Waals surface area (Å²) in [6.45, 7) is 2.74. The maximum absolute atomic E-state index is 12.3. The quantitative estimate of drug-likeness (QED) is 0.838. The Balaban J connectivity index is 1.71. The zero-order chi connectivity index (χ0) is 12.5. The molecule has 3 heterocycles. The average Bonchev–Trinajstić information content (AvgIpc) is 2.86. The second-order valence-corrected chi connectivity index (χ2v) is 5.45. The third-order valence-electron chi connectivity index (χ3n) is 3.89. The molecule has 0 aliphatic carbocycles. The zero-order valence-electron chi connectivity index (χ0n) is 10.1. The van der Waals surface area contributed by atoms with Gasteiger partial charge in [-0.3, -0.25) is 4.79 Å². The number of aromatic nitrogens is 1. The number of amides is 1. The van der Waals surface area contributed by atoms with E-state index in [9.17, 15) is 4.79 Å². The fourth-order valence-corrected chi connectivity index (χ4v) is 3.01. The molecule has 2 atom stereocenters. The molecule has 2 aliphatic rings. The van der Waals surface area contributed by atoms with Crippen molar-refractivity contribution in [3.8, 4) is 0 Å². The standard InChI is InChI=1S/C13H16ClN3O/c14-10-1-2-12(16-7-10)13(18)17-6-4-11-9(8-17)3-5-15-11/h1-2,7,9,11,15H,3-6,8H2. The number of halogens is 1. The number of fused-ring (bicyclic) bond motifs is 1. The molecule has 0 spiro atoms. The first-order chi connectivity index (χ1) is 8.74. The molecule has 2 saturated heterocycles. The molecule has 1 aromatic heterocycles. The van der Waals surface area contributed by atoms with E-state index in [0.717, 1.165) is 26.1 Å². The molecular formula is C13H16ClN3O. The average molecular weight is 266 g/mol. The fourth-order valence-electron chi connectivity index (χ4n) is 2.90. The van der Waals surface area contributed by atoms with E-state index in [4.69, 9.17) is 11.6 Å². The Morgan fingerprint density at radius 1 is 1.44 bits per heavy atom. The van der Waals surface area contributed by atoms with E-state index in [1.54, 1.807) is 12.1 Å². The predicted molar refractivity (Wildman–Crippen MR) is 69.7 cm³/mol. The van der Waals surface area contributed by atoms with Gasteiger partial charge in [-0.2, -0.15) is 0 Å². The van der Waals surface area contributed by atoms with Crippen LogP contribution >= 0.6 is 11.6 Å². The highest BCUT2D eigenvalue weighted by molar-refractivity contribution is 6.30. The lowest BCUT2D eigenvalue weighted by molar-refractivity contribution is 0.0656. The topological polar surface area (TPSA) is 45.2 Å². The monoisotopic (exact) mass is 265 g/mol. The van der Waals surface area contributed by atoms with Gasteiger partial charge in [0.25, 0.3) is 5.91 Å². The lowest BCUT2D eigenvalue weighted by Crippen LogP contribution is -2.47. The van der Waals surface area contributed by atoms with E-state index in [1.807, 2.05) is 4.90 Å². The number of hydrogen-bond donors (Lipinski definition) is 1. The minimum atomic E-state index is 0.0250. The van der Waals surface area contributed by atoms with Crippen LogP contribution in [0.25, 0.3) is 0 Å². The van der Waals surface area contributed by atoms with Gasteiger partial charge in [0.1, 0.15) is 5.69 Å². The van der Waals surface area contributed by atoms with Gasteiger partial charge in [-0.15, -0.1) is 0 Å². The molecule has 1 amide bonds. The first-order valence-corrected chi connectivity index (χ1v) is 6.76. The zero-order valence-corrected chi connectivity index (χ0v) is 10.9. The summed E-state index contributed by atoms with van der Waals surface area (Å²) in [6.07, 6.45) is 3.74. The first-order valence-electron chi connectivity index (χ1n) is 6.38. The molecule has 4 nitrogen and oxygen atoms in total. The minimum Gasteiger partial charge on any atom is -0.337 e. The van der Waals surface area contributed by atoms with Crippen molar-refractivity contribution in [3.63, 3.8) is 0 Å². The van der Waals surface area contributed by atoms with Crippen LogP contribution in [0, 0.1) is 5.92 Å². The molecule has 0 saturated carbocycles. The highest BCUT2D eigenvalue weighted by atomic mass is 35.5. The summed E-state index contributed by atoms with van der Waals surface area (Å²) < 4.78 is 0. The summed E-state index contributed by atoms with van der Waals surface area (Å²) in [5, 5.41) is 4.05. The van der Waals surface area contributed by atoms with Gasteiger partial charge in [-0.1, -0.05) is 11.6 Å². The molecule has 0 radical (unpaired) electrons. The number of nitrogens with zero attached hydrogens (tertiary/aromatic N) is 2. The number of hydrogen-bond acceptors (Lipinski definition) is 3. The van der Waals surface area contributed by atoms with Crippen LogP contribution in [0.2, 0.25) is 5.02 Å². The van der Waals surface area contributed by atoms with Crippen molar-refractivity contribution in [3.05, 3.63) is 29.0 Å². The van der Waals surface area contributed by atoms with Gasteiger partial charge in [0.2, 0.25) is 0 Å². The molecule has 0 bridgehead atoms. The summed E-state index contributed by atoms with van der Waals surface area (Å²) in [5.41, 5.74) is 0.490. The second-order valence-electron chi connectivity index (χ2n) is 5.01. The SMILES string of the molecule is O=C(c1ccc(Cl)cn1)N1CCC2NCCC2C1. The van der Waals surface area contributed by atoms with Crippen LogP contribution in [0.3, 0.4) is 0 Å². The van der Waals surface area contributed by atoms with Crippen LogP contribution in [0.1, 0.15) is 23.3 Å². The maximum Gasteiger partial charge on any atom is 0.272 e. The summed E-state index contributed by atoms with van der Waals surface area (Å²) >= 11 is 5.78. The Morgan fingerprint density at radius 2 is 2.33 bits per heavy atom. The Kier molecular flexibility index (Phi) is 3.22. The van der Waals surface area contributed by atoms with Crippen molar-refractivity contribution >= 4 is 17.5 Å². The van der Waals surface area contributed by atoms with Crippen LogP contribution in [0.5, 0.6) is 0 Å². The van der Waals surface area contributed by atoms with Gasteiger partial charge in [0, 0.05) is 25.3 Å². The van der Waals surface area contributed by atoms with E-state index < -0.39 is 0 Å². The third-order valence-corrected chi connectivity index (χ3v) is 4.11. The summed E-state index contributed by atoms with van der Waals surface area (Å²) in [4.78, 5) is 18.3. The largest absolute Gasteiger partial charge is 0.337 e. The first kappa shape index (κ1) is 11.9. The van der Waals surface area contributed by atoms with E-state index in [-0.39, 0.29) is 5.91 Å². The molecule has 18 heavy (non-hydrogen) atoms. The Labute approximate surface area is 111 Å². The van der Waals surface area contributed by atoms with Crippen molar-refractivity contribution < 1.29 is 4.79 Å². The van der Waals surface area contributed by atoms with Gasteiger partial charge in [0.05, 0.1) is 5.02 Å². The Hall–Kier alpha value is -1.13. The van der Waals surface area contributed by atoms with Gasteiger partial charge in [-0.25, -0.2) is 4.98 Å². The van der Waals surface area contributed by atoms with E-state index in [1.165, 1.54) is 12.6 Å². The third kappa shape index (κ3) is 2.22. The Morgan fingerprint density at radius 3 is 3.11 bits per heavy atom. The number of carbonyl (C=O) groups is 1. The number of pyridine rings is 1. The molecule has 3 rings (SSSR count). The van der Waals surface area contributed by atoms with Crippen molar-refractivity contribution in [2.45, 2.75) is 18.9 Å². The number of rotatable bonds is 1. The molecule has 1 N–H and O–H groups in total. The maximum atomic E-state index is 12.3. The van der Waals surface area contributed by atoms with E-state index >= 15 is 0 Å². The van der Waals surface area contributed by atoms with Gasteiger partial charge in [0.15, 0.2) is 0 Å². The highest BCUT2D eigenvalue weighted by Crippen LogP contribution is 2.25. The van der Waals surface area contributed by atoms with E-state index in [0.29, 0.717) is 22.7 Å². The van der Waals surface area contributed by atoms with Crippen LogP contribution in [-0.2, 0) is 0 Å². The summed E-state index contributed by atoms with van der Waals surface area (Å²) in [6, 6.07) is 4.02. The number of likely N-dealkylation sites (tertiary alicyclic amines) is 1. The molecule has 2 unspecified atom stereocenters. The molecule has 1 aromatic rings. The number of carbonyl (C=O) groups excluding carboxylic acids is 1. The van der Waals surface area contributed by atoms with Crippen molar-refractivity contribution in [2.24, 2.45) is 5.92 Å². The number of nitrogens with one attached hydrogen (secondary N) is 1. The van der Waals surface area contributed by atoms with Crippen LogP contribution in [0.15, 0.2) is 18.3 Å². The molecule has 2 fully saturated rings. The minimum absolute atomic E-state index is 0.0250. The number of piperidine rings is 1. The molecule has 0 aromatic carbocycles. The molecule has 5 heteroatoms. The van der Waals surface area contributed by atoms with E-state index in [2.05, 4.69) is 10.3 Å². The summed E-state index contributed by atoms with van der Waals surface area (Å²) in [7, 11) is 0. The summed E-state index contributed by atoms with van der Waals surface area (Å²) in [5.74, 6) is 0.631. The van der Waals surface area contributed by atoms with Crippen molar-refractivity contribution in [1.29, 1.82) is 0 Å². The van der Waals surface area contributed by atoms with Gasteiger partial charge < -0.3 is 10.2 Å². The van der Waals surface area contributed by atoms with Crippen molar-refractivity contribution in [2.75, 3.05) is 19.6 Å². The lowest BCUT2D eigenvalue weighted by Gasteiger charge is -2.34. The van der Waals surface area contributed by atoms with Crippen molar-refractivity contribution in [1.82, 2.24) is 15.2 Å². The van der Waals surface area contributed by atoms with Crippen LogP contribution < -0.4 is 5.32 Å². The Bertz CT molecular complexity index is 448. The van der Waals surface area contributed by atoms with Gasteiger partial charge in [-0.05, 0) is 37.4 Å². The predicted octanol–water partition coefficient (Wildman–Crippen LogP) is 1.56. The van der Waals surface area contributed by atoms with Crippen LogP contribution in [-0.4, -0.2) is 41.5 Å². The molecule has 96 valence electrons. The lowest BCUT2D eigenvalue weighted by atomic mass is 9.93. The second kappa shape index (κ2) is 4.86. The molecular weight excluding hydrogens is 250 g/mol. The van der Waals surface area contributed by atoms with Gasteiger partial charge >= 0.3 is 0 Å². The normalized spacial score (nSPS) is 27.1. The van der Waals surface area contributed by atoms with Crippen LogP contribution in [0.4, 0.5) is 0 Å².